The molecule has 6 nitrogen and oxygen atoms in total. The van der Waals surface area contributed by atoms with Crippen molar-refractivity contribution in [1.29, 1.82) is 0 Å². The number of halogens is 1. The third-order valence-electron chi connectivity index (χ3n) is 5.03. The molecule has 0 aliphatic carbocycles. The van der Waals surface area contributed by atoms with E-state index in [9.17, 15) is 5.11 Å². The molecule has 7 heteroatoms. The van der Waals surface area contributed by atoms with Crippen LogP contribution in [0.1, 0.15) is 30.2 Å². The van der Waals surface area contributed by atoms with Crippen molar-refractivity contribution in [2.75, 3.05) is 26.7 Å². The third kappa shape index (κ3) is 3.93. The molecular formula is C20H23ClN4O2. The quantitative estimate of drug-likeness (QED) is 0.659. The van der Waals surface area contributed by atoms with Crippen LogP contribution in [0.3, 0.4) is 0 Å². The minimum atomic E-state index is -0.648. The number of nitrogens with zero attached hydrogens (tertiary/aromatic N) is 4. The molecule has 1 N–H and O–H groups in total. The van der Waals surface area contributed by atoms with Crippen molar-refractivity contribution in [1.82, 2.24) is 19.7 Å². The predicted molar refractivity (Wildman–Crippen MR) is 105 cm³/mol. The van der Waals surface area contributed by atoms with Crippen LogP contribution in [-0.2, 0) is 6.54 Å². The molecule has 4 rings (SSSR count). The highest BCUT2D eigenvalue weighted by molar-refractivity contribution is 6.29. The maximum Gasteiger partial charge on any atom is 0.160 e. The molecule has 1 aromatic carbocycles. The lowest BCUT2D eigenvalue weighted by Crippen LogP contribution is -2.25. The van der Waals surface area contributed by atoms with Gasteiger partial charge in [-0.3, -0.25) is 0 Å². The number of hydrogen-bond acceptors (Lipinski definition) is 5. The Morgan fingerprint density at radius 3 is 2.59 bits per heavy atom. The first-order valence-corrected chi connectivity index (χ1v) is 9.58. The van der Waals surface area contributed by atoms with Gasteiger partial charge in [-0.2, -0.15) is 5.10 Å². The lowest BCUT2D eigenvalue weighted by molar-refractivity contribution is 0.123. The van der Waals surface area contributed by atoms with Gasteiger partial charge in [-0.1, -0.05) is 23.7 Å². The second-order valence-corrected chi connectivity index (χ2v) is 7.31. The molecule has 1 saturated heterocycles. The molecule has 0 saturated carbocycles. The molecular weight excluding hydrogens is 364 g/mol. The standard InChI is InChI=1S/C20H23ClN4O2/c1-27-15-6-4-14(5-7-15)12-25-20-16(8-9-18(21)22-20)19(23-25)17(26)13-24-10-2-3-11-24/h4-9,17,26H,2-3,10-13H2,1H3. The molecule has 1 atom stereocenters. The average Bonchev–Trinajstić information content (AvgIpc) is 3.30. The second kappa shape index (κ2) is 7.84. The molecule has 1 aliphatic rings. The van der Waals surface area contributed by atoms with Crippen molar-refractivity contribution in [2.45, 2.75) is 25.5 Å². The van der Waals surface area contributed by atoms with E-state index in [1.54, 1.807) is 13.2 Å². The first kappa shape index (κ1) is 18.2. The van der Waals surface area contributed by atoms with E-state index in [0.717, 1.165) is 29.8 Å². The van der Waals surface area contributed by atoms with Crippen LogP contribution in [0.15, 0.2) is 36.4 Å². The summed E-state index contributed by atoms with van der Waals surface area (Å²) in [4.78, 5) is 6.74. The van der Waals surface area contributed by atoms with E-state index in [-0.39, 0.29) is 0 Å². The smallest absolute Gasteiger partial charge is 0.160 e. The van der Waals surface area contributed by atoms with Gasteiger partial charge in [0.05, 0.1) is 13.7 Å². The topological polar surface area (TPSA) is 63.4 Å². The van der Waals surface area contributed by atoms with Crippen LogP contribution in [0.4, 0.5) is 0 Å². The lowest BCUT2D eigenvalue weighted by Gasteiger charge is -2.18. The summed E-state index contributed by atoms with van der Waals surface area (Å²) >= 11 is 6.12. The number of hydrogen-bond donors (Lipinski definition) is 1. The second-order valence-electron chi connectivity index (χ2n) is 6.92. The number of β-amino-alcohol motifs (C(OH)–C–C–N with tert-alkyl or cyclic N) is 1. The number of likely N-dealkylation sites (tertiary alicyclic amines) is 1. The Hall–Kier alpha value is -2.15. The Bertz CT molecular complexity index is 920. The number of ether oxygens (including phenoxy) is 1. The average molecular weight is 387 g/mol. The van der Waals surface area contributed by atoms with E-state index in [4.69, 9.17) is 21.4 Å². The Labute approximate surface area is 163 Å². The van der Waals surface area contributed by atoms with E-state index < -0.39 is 6.10 Å². The number of aliphatic hydroxyl groups is 1. The fourth-order valence-corrected chi connectivity index (χ4v) is 3.75. The third-order valence-corrected chi connectivity index (χ3v) is 5.24. The summed E-state index contributed by atoms with van der Waals surface area (Å²) < 4.78 is 7.03. The van der Waals surface area contributed by atoms with Gasteiger partial charge in [0.1, 0.15) is 22.7 Å². The highest BCUT2D eigenvalue weighted by Gasteiger charge is 2.23. The lowest BCUT2D eigenvalue weighted by atomic mass is 10.1. The zero-order chi connectivity index (χ0) is 18.8. The van der Waals surface area contributed by atoms with Crippen molar-refractivity contribution < 1.29 is 9.84 Å². The number of aliphatic hydroxyl groups excluding tert-OH is 1. The molecule has 1 aliphatic heterocycles. The van der Waals surface area contributed by atoms with Gasteiger partial charge in [0.15, 0.2) is 5.65 Å². The summed E-state index contributed by atoms with van der Waals surface area (Å²) in [6.45, 7) is 3.21. The molecule has 0 amide bonds. The minimum Gasteiger partial charge on any atom is -0.497 e. The number of methoxy groups -OCH3 is 1. The van der Waals surface area contributed by atoms with Crippen LogP contribution in [0.25, 0.3) is 11.0 Å². The van der Waals surface area contributed by atoms with Crippen molar-refractivity contribution in [3.05, 3.63) is 52.8 Å². The molecule has 3 heterocycles. The first-order valence-electron chi connectivity index (χ1n) is 9.20. The number of fused-ring (bicyclic) bond motifs is 1. The van der Waals surface area contributed by atoms with Gasteiger partial charge < -0.3 is 14.7 Å². The summed E-state index contributed by atoms with van der Waals surface area (Å²) in [6, 6.07) is 11.5. The molecule has 1 fully saturated rings. The minimum absolute atomic E-state index is 0.416. The molecule has 0 radical (unpaired) electrons. The van der Waals surface area contributed by atoms with Crippen LogP contribution >= 0.6 is 11.6 Å². The van der Waals surface area contributed by atoms with Crippen LogP contribution in [0.5, 0.6) is 5.75 Å². The van der Waals surface area contributed by atoms with Gasteiger partial charge in [-0.15, -0.1) is 0 Å². The molecule has 142 valence electrons. The monoisotopic (exact) mass is 386 g/mol. The normalized spacial score (nSPS) is 16.1. The Morgan fingerprint density at radius 2 is 1.89 bits per heavy atom. The number of benzene rings is 1. The van der Waals surface area contributed by atoms with Crippen LogP contribution in [0, 0.1) is 0 Å². The maximum atomic E-state index is 10.8. The summed E-state index contributed by atoms with van der Waals surface area (Å²) in [5.74, 6) is 0.812. The van der Waals surface area contributed by atoms with Crippen LogP contribution in [0.2, 0.25) is 5.15 Å². The van der Waals surface area contributed by atoms with Gasteiger partial charge in [0.2, 0.25) is 0 Å². The Kier molecular flexibility index (Phi) is 5.29. The van der Waals surface area contributed by atoms with E-state index in [0.29, 0.717) is 29.6 Å². The van der Waals surface area contributed by atoms with Gasteiger partial charge in [0, 0.05) is 11.9 Å². The van der Waals surface area contributed by atoms with Crippen LogP contribution < -0.4 is 4.74 Å². The Balaban J connectivity index is 1.65. The van der Waals surface area contributed by atoms with E-state index in [2.05, 4.69) is 9.88 Å². The van der Waals surface area contributed by atoms with Crippen molar-refractivity contribution in [3.63, 3.8) is 0 Å². The van der Waals surface area contributed by atoms with Crippen molar-refractivity contribution in [2.24, 2.45) is 0 Å². The molecule has 0 bridgehead atoms. The summed E-state index contributed by atoms with van der Waals surface area (Å²) in [5.41, 5.74) is 2.42. The zero-order valence-electron chi connectivity index (χ0n) is 15.3. The molecule has 0 spiro atoms. The summed E-state index contributed by atoms with van der Waals surface area (Å²) in [5, 5.41) is 16.8. The Morgan fingerprint density at radius 1 is 1.15 bits per heavy atom. The molecule has 1 unspecified atom stereocenters. The van der Waals surface area contributed by atoms with Gasteiger partial charge in [0.25, 0.3) is 0 Å². The number of pyridine rings is 1. The summed E-state index contributed by atoms with van der Waals surface area (Å²) in [7, 11) is 1.65. The van der Waals surface area contributed by atoms with E-state index >= 15 is 0 Å². The fourth-order valence-electron chi connectivity index (χ4n) is 3.61. The SMILES string of the molecule is COc1ccc(Cn2nc(C(O)CN3CCCC3)c3ccc(Cl)nc32)cc1. The largest absolute Gasteiger partial charge is 0.497 e. The first-order chi connectivity index (χ1) is 13.1. The predicted octanol–water partition coefficient (Wildman–Crippen LogP) is 3.27. The number of aromatic nitrogens is 3. The molecule has 2 aromatic heterocycles. The van der Waals surface area contributed by atoms with E-state index in [1.807, 2.05) is 35.0 Å². The van der Waals surface area contributed by atoms with Gasteiger partial charge in [-0.05, 0) is 55.8 Å². The highest BCUT2D eigenvalue weighted by Crippen LogP contribution is 2.26. The van der Waals surface area contributed by atoms with E-state index in [1.165, 1.54) is 12.8 Å². The van der Waals surface area contributed by atoms with Crippen LogP contribution in [-0.4, -0.2) is 51.5 Å². The zero-order valence-corrected chi connectivity index (χ0v) is 16.1. The molecule has 3 aromatic rings. The van der Waals surface area contributed by atoms with Crippen molar-refractivity contribution in [3.8, 4) is 5.75 Å². The van der Waals surface area contributed by atoms with Gasteiger partial charge in [-0.25, -0.2) is 9.67 Å². The van der Waals surface area contributed by atoms with Gasteiger partial charge >= 0.3 is 0 Å². The fraction of sp³-hybridized carbons (Fsp3) is 0.400. The van der Waals surface area contributed by atoms with Crippen molar-refractivity contribution >= 4 is 22.6 Å². The molecule has 27 heavy (non-hydrogen) atoms. The highest BCUT2D eigenvalue weighted by atomic mass is 35.5. The maximum absolute atomic E-state index is 10.8. The summed E-state index contributed by atoms with van der Waals surface area (Å²) in [6.07, 6.45) is 1.73. The number of rotatable bonds is 6.